The Morgan fingerprint density at radius 2 is 1.13 bits per heavy atom. The van der Waals surface area contributed by atoms with Crippen molar-refractivity contribution in [1.82, 2.24) is 0 Å². The predicted molar refractivity (Wildman–Crippen MR) is 57.1 cm³/mol. The molecule has 0 aliphatic carbocycles. The second-order valence-electron chi connectivity index (χ2n) is 2.23. The van der Waals surface area contributed by atoms with Crippen molar-refractivity contribution < 1.29 is 29.7 Å². The van der Waals surface area contributed by atoms with Crippen LogP contribution in [-0.2, 0) is 14.4 Å². The molecule has 0 atom stereocenters. The Kier molecular flexibility index (Phi) is 24.3. The Hall–Kier alpha value is 2.05. The average Bonchev–Trinajstić information content (AvgIpc) is 1.83. The quantitative estimate of drug-likeness (QED) is 0.481. The summed E-state index contributed by atoms with van der Waals surface area (Å²) in [6, 6.07) is 0. The number of carboxylic acid groups (broad SMARTS) is 3. The summed E-state index contributed by atoms with van der Waals surface area (Å²) in [5.74, 6) is -5.38. The summed E-state index contributed by atoms with van der Waals surface area (Å²) in [5.41, 5.74) is 0. The molecule has 0 spiro atoms. The second-order valence-corrected chi connectivity index (χ2v) is 2.23. The van der Waals surface area contributed by atoms with Crippen molar-refractivity contribution in [3.05, 3.63) is 0 Å². The molecule has 0 heterocycles. The number of carboxylic acids is 3. The van der Waals surface area contributed by atoms with Crippen molar-refractivity contribution in [2.24, 2.45) is 5.92 Å². The molecule has 0 unspecified atom stereocenters. The van der Waals surface area contributed by atoms with E-state index in [2.05, 4.69) is 0 Å². The Bertz CT molecular complexity index is 206. The molecule has 0 bridgehead atoms. The van der Waals surface area contributed by atoms with Gasteiger partial charge in [0.05, 0.1) is 18.8 Å². The van der Waals surface area contributed by atoms with Crippen LogP contribution in [0.1, 0.15) is 12.8 Å². The standard InChI is InChI=1S/C6H8O6.K.2Na.3H/c7-4(8)1-3(6(11)12)2-5(9)10;;;;;;/h3H,1-2H2,(H,7,8)(H,9,10)(H,11,12);;;;;;. The minimum atomic E-state index is -1.40. The molecule has 0 fully saturated rings. The van der Waals surface area contributed by atoms with E-state index in [1.165, 1.54) is 0 Å². The van der Waals surface area contributed by atoms with E-state index in [-0.39, 0.29) is 110 Å². The molecule has 74 valence electrons. The van der Waals surface area contributed by atoms with E-state index in [9.17, 15) is 14.4 Å². The zero-order valence-corrected chi connectivity index (χ0v) is 6.06. The van der Waals surface area contributed by atoms with Gasteiger partial charge in [0.1, 0.15) is 0 Å². The van der Waals surface area contributed by atoms with E-state index in [1.54, 1.807) is 0 Å². The van der Waals surface area contributed by atoms with Crippen LogP contribution in [0.25, 0.3) is 0 Å². The van der Waals surface area contributed by atoms with Gasteiger partial charge >= 0.3 is 128 Å². The molecule has 0 saturated heterocycles. The first-order chi connectivity index (χ1) is 5.43. The van der Waals surface area contributed by atoms with Gasteiger partial charge in [0.2, 0.25) is 0 Å². The van der Waals surface area contributed by atoms with Gasteiger partial charge in [-0.2, -0.15) is 0 Å². The molecule has 0 aliphatic rings. The van der Waals surface area contributed by atoms with Gasteiger partial charge in [0.25, 0.3) is 0 Å². The molecule has 15 heavy (non-hydrogen) atoms. The summed E-state index contributed by atoms with van der Waals surface area (Å²) < 4.78 is 0. The van der Waals surface area contributed by atoms with Crippen LogP contribution < -0.4 is 0 Å². The van der Waals surface area contributed by atoms with Gasteiger partial charge in [-0.05, 0) is 0 Å². The third-order valence-electron chi connectivity index (χ3n) is 1.19. The zero-order chi connectivity index (χ0) is 9.72. The third kappa shape index (κ3) is 16.0. The predicted octanol–water partition coefficient (Wildman–Crippen LogP) is -2.31. The van der Waals surface area contributed by atoms with E-state index in [1.807, 2.05) is 0 Å². The van der Waals surface area contributed by atoms with Crippen LogP contribution in [0.4, 0.5) is 0 Å². The molecule has 3 N–H and O–H groups in total. The second kappa shape index (κ2) is 14.1. The van der Waals surface area contributed by atoms with Crippen LogP contribution in [0.2, 0.25) is 0 Å². The van der Waals surface area contributed by atoms with Crippen LogP contribution in [0, 0.1) is 5.92 Å². The summed E-state index contributed by atoms with van der Waals surface area (Å²) in [4.78, 5) is 30.3. The van der Waals surface area contributed by atoms with Crippen molar-refractivity contribution in [2.45, 2.75) is 12.8 Å². The van der Waals surface area contributed by atoms with Gasteiger partial charge in [0.15, 0.2) is 0 Å². The first kappa shape index (κ1) is 25.8. The fourth-order valence-corrected chi connectivity index (χ4v) is 0.668. The number of aliphatic carboxylic acids is 3. The molecule has 0 amide bonds. The molecule has 0 radical (unpaired) electrons. The molecule has 0 rings (SSSR count). The van der Waals surface area contributed by atoms with E-state index < -0.39 is 36.7 Å². The maximum absolute atomic E-state index is 10.2. The summed E-state index contributed by atoms with van der Waals surface area (Å²) in [6.45, 7) is 0. The van der Waals surface area contributed by atoms with Crippen LogP contribution in [0.5, 0.6) is 0 Å². The Balaban J connectivity index is -0.000000202. The first-order valence-electron chi connectivity index (χ1n) is 3.10. The third-order valence-corrected chi connectivity index (χ3v) is 1.19. The fraction of sp³-hybridized carbons (Fsp3) is 0.500. The molecule has 0 aromatic rings. The van der Waals surface area contributed by atoms with E-state index in [0.717, 1.165) is 0 Å². The molecule has 0 aliphatic heterocycles. The fourth-order valence-electron chi connectivity index (χ4n) is 0.668. The van der Waals surface area contributed by atoms with Gasteiger partial charge in [-0.1, -0.05) is 0 Å². The molecule has 0 aromatic heterocycles. The van der Waals surface area contributed by atoms with Crippen molar-refractivity contribution in [1.29, 1.82) is 0 Å². The molecular formula is C6H11KNa2O6. The van der Waals surface area contributed by atoms with Crippen molar-refractivity contribution in [3.8, 4) is 0 Å². The zero-order valence-electron chi connectivity index (χ0n) is 6.06. The van der Waals surface area contributed by atoms with Crippen LogP contribution in [0.3, 0.4) is 0 Å². The summed E-state index contributed by atoms with van der Waals surface area (Å²) in [5, 5.41) is 24.7. The summed E-state index contributed by atoms with van der Waals surface area (Å²) >= 11 is 0. The topological polar surface area (TPSA) is 112 Å². The van der Waals surface area contributed by atoms with E-state index in [4.69, 9.17) is 15.3 Å². The number of hydrogen-bond donors (Lipinski definition) is 3. The Labute approximate surface area is 173 Å². The van der Waals surface area contributed by atoms with Gasteiger partial charge in [-0.3, -0.25) is 14.4 Å². The monoisotopic (exact) mass is 264 g/mol. The van der Waals surface area contributed by atoms with Crippen molar-refractivity contribution >= 4 is 128 Å². The van der Waals surface area contributed by atoms with Crippen LogP contribution in [-0.4, -0.2) is 144 Å². The number of rotatable bonds is 5. The molecule has 0 saturated carbocycles. The first-order valence-corrected chi connectivity index (χ1v) is 3.10. The van der Waals surface area contributed by atoms with Gasteiger partial charge in [0, 0.05) is 0 Å². The molecular weight excluding hydrogens is 253 g/mol. The average molecular weight is 264 g/mol. The van der Waals surface area contributed by atoms with Gasteiger partial charge in [-0.25, -0.2) is 0 Å². The van der Waals surface area contributed by atoms with Gasteiger partial charge in [-0.15, -0.1) is 0 Å². The number of hydrogen-bond acceptors (Lipinski definition) is 3. The van der Waals surface area contributed by atoms with Crippen LogP contribution in [0.15, 0.2) is 0 Å². The Morgan fingerprint density at radius 1 is 0.867 bits per heavy atom. The van der Waals surface area contributed by atoms with Crippen LogP contribution >= 0.6 is 0 Å². The van der Waals surface area contributed by atoms with Gasteiger partial charge < -0.3 is 15.3 Å². The van der Waals surface area contributed by atoms with E-state index in [0.29, 0.717) is 0 Å². The molecule has 9 heteroatoms. The van der Waals surface area contributed by atoms with Crippen molar-refractivity contribution in [3.63, 3.8) is 0 Å². The normalized spacial score (nSPS) is 7.80. The van der Waals surface area contributed by atoms with E-state index >= 15 is 0 Å². The SMILES string of the molecule is O=C(O)CC(CC(=O)O)C(=O)O.[KH].[NaH].[NaH]. The molecule has 0 aromatic carbocycles. The summed E-state index contributed by atoms with van der Waals surface area (Å²) in [6.07, 6.45) is -1.33. The number of carbonyl (C=O) groups is 3. The maximum atomic E-state index is 10.2. The summed E-state index contributed by atoms with van der Waals surface area (Å²) in [7, 11) is 0. The van der Waals surface area contributed by atoms with Crippen molar-refractivity contribution in [2.75, 3.05) is 0 Å². The molecule has 6 nitrogen and oxygen atoms in total. The Morgan fingerprint density at radius 3 is 1.27 bits per heavy atom. The minimum absolute atomic E-state index is 0.